The zero-order valence-electron chi connectivity index (χ0n) is 12.7. The maximum atomic E-state index is 12.0. The SMILES string of the molecule is COCCNC(=O)Cn1c(C(C)Cl)nc2c(C)nn(C)c21. The molecule has 8 heteroatoms. The lowest BCUT2D eigenvalue weighted by atomic mass is 10.4. The van der Waals surface area contributed by atoms with Crippen LogP contribution < -0.4 is 5.32 Å². The number of fused-ring (bicyclic) bond motifs is 1. The van der Waals surface area contributed by atoms with E-state index in [1.807, 2.05) is 25.5 Å². The molecular formula is C13H20ClN5O2. The van der Waals surface area contributed by atoms with Crippen molar-refractivity contribution in [3.05, 3.63) is 11.5 Å². The summed E-state index contributed by atoms with van der Waals surface area (Å²) in [6.45, 7) is 4.84. The summed E-state index contributed by atoms with van der Waals surface area (Å²) in [5.74, 6) is 0.563. The Bertz CT molecular complexity index is 647. The number of carbonyl (C=O) groups excluding carboxylic acids is 1. The van der Waals surface area contributed by atoms with Crippen molar-refractivity contribution < 1.29 is 9.53 Å². The average Bonchev–Trinajstić information content (AvgIpc) is 2.90. The normalized spacial score (nSPS) is 12.8. The van der Waals surface area contributed by atoms with Gasteiger partial charge in [0.15, 0.2) is 5.65 Å². The highest BCUT2D eigenvalue weighted by Gasteiger charge is 2.21. The van der Waals surface area contributed by atoms with Gasteiger partial charge in [-0.25, -0.2) is 4.98 Å². The third kappa shape index (κ3) is 3.19. The van der Waals surface area contributed by atoms with Gasteiger partial charge in [-0.1, -0.05) is 0 Å². The lowest BCUT2D eigenvalue weighted by molar-refractivity contribution is -0.121. The van der Waals surface area contributed by atoms with Gasteiger partial charge < -0.3 is 14.6 Å². The number of alkyl halides is 1. The Balaban J connectivity index is 2.32. The summed E-state index contributed by atoms with van der Waals surface area (Å²) >= 11 is 6.19. The molecule has 2 heterocycles. The number of amides is 1. The number of imidazole rings is 1. The number of nitrogens with zero attached hydrogens (tertiary/aromatic N) is 4. The number of halogens is 1. The van der Waals surface area contributed by atoms with Crippen molar-refractivity contribution in [3.63, 3.8) is 0 Å². The van der Waals surface area contributed by atoms with Gasteiger partial charge >= 0.3 is 0 Å². The predicted molar refractivity (Wildman–Crippen MR) is 80.4 cm³/mol. The number of nitrogens with one attached hydrogen (secondary N) is 1. The summed E-state index contributed by atoms with van der Waals surface area (Å²) in [6.07, 6.45) is 0. The molecule has 0 radical (unpaired) electrons. The molecule has 0 aliphatic carbocycles. The zero-order chi connectivity index (χ0) is 15.6. The van der Waals surface area contributed by atoms with E-state index in [-0.39, 0.29) is 17.8 Å². The van der Waals surface area contributed by atoms with Crippen molar-refractivity contribution in [2.75, 3.05) is 20.3 Å². The number of aryl methyl sites for hydroxylation is 2. The minimum Gasteiger partial charge on any atom is -0.383 e. The molecule has 0 aliphatic heterocycles. The van der Waals surface area contributed by atoms with Crippen LogP contribution in [0, 0.1) is 6.92 Å². The van der Waals surface area contributed by atoms with E-state index in [4.69, 9.17) is 16.3 Å². The highest BCUT2D eigenvalue weighted by molar-refractivity contribution is 6.20. The molecule has 1 amide bonds. The second kappa shape index (κ2) is 6.44. The molecule has 0 aliphatic rings. The van der Waals surface area contributed by atoms with Crippen LogP contribution in [0.2, 0.25) is 0 Å². The molecule has 0 spiro atoms. The topological polar surface area (TPSA) is 74.0 Å². The van der Waals surface area contributed by atoms with Gasteiger partial charge in [0, 0.05) is 20.7 Å². The Labute approximate surface area is 128 Å². The van der Waals surface area contributed by atoms with E-state index in [9.17, 15) is 4.79 Å². The molecule has 1 N–H and O–H groups in total. The highest BCUT2D eigenvalue weighted by Crippen LogP contribution is 2.25. The van der Waals surface area contributed by atoms with Crippen LogP contribution in [-0.2, 0) is 23.1 Å². The van der Waals surface area contributed by atoms with Gasteiger partial charge in [0.05, 0.1) is 17.7 Å². The Kier molecular flexibility index (Phi) is 4.84. The molecular weight excluding hydrogens is 294 g/mol. The molecule has 116 valence electrons. The van der Waals surface area contributed by atoms with Crippen molar-refractivity contribution in [1.82, 2.24) is 24.6 Å². The largest absolute Gasteiger partial charge is 0.383 e. The van der Waals surface area contributed by atoms with E-state index in [1.54, 1.807) is 11.8 Å². The van der Waals surface area contributed by atoms with E-state index in [0.29, 0.717) is 19.0 Å². The van der Waals surface area contributed by atoms with Crippen LogP contribution in [0.3, 0.4) is 0 Å². The van der Waals surface area contributed by atoms with Gasteiger partial charge in [0.25, 0.3) is 0 Å². The zero-order valence-corrected chi connectivity index (χ0v) is 13.4. The second-order valence-electron chi connectivity index (χ2n) is 4.90. The Morgan fingerprint density at radius 1 is 1.52 bits per heavy atom. The quantitative estimate of drug-likeness (QED) is 0.641. The Morgan fingerprint density at radius 2 is 2.24 bits per heavy atom. The summed E-state index contributed by atoms with van der Waals surface area (Å²) in [6, 6.07) is 0. The first-order valence-electron chi connectivity index (χ1n) is 6.75. The smallest absolute Gasteiger partial charge is 0.240 e. The number of hydrogen-bond acceptors (Lipinski definition) is 4. The Hall–Kier alpha value is -1.60. The van der Waals surface area contributed by atoms with E-state index in [1.165, 1.54) is 0 Å². The molecule has 0 saturated heterocycles. The molecule has 0 saturated carbocycles. The standard InChI is InChI=1S/C13H20ClN5O2/c1-8(14)12-16-11-9(2)17-18(3)13(11)19(12)7-10(20)15-5-6-21-4/h8H,5-7H2,1-4H3,(H,15,20). The summed E-state index contributed by atoms with van der Waals surface area (Å²) < 4.78 is 8.45. The Morgan fingerprint density at radius 3 is 2.86 bits per heavy atom. The first-order valence-corrected chi connectivity index (χ1v) is 7.18. The van der Waals surface area contributed by atoms with Crippen LogP contribution in [0.5, 0.6) is 0 Å². The van der Waals surface area contributed by atoms with Gasteiger partial charge in [0.2, 0.25) is 5.91 Å². The highest BCUT2D eigenvalue weighted by atomic mass is 35.5. The molecule has 2 rings (SSSR count). The maximum Gasteiger partial charge on any atom is 0.240 e. The van der Waals surface area contributed by atoms with Gasteiger partial charge in [-0.2, -0.15) is 5.10 Å². The van der Waals surface area contributed by atoms with Gasteiger partial charge in [-0.15, -0.1) is 11.6 Å². The number of rotatable bonds is 6. The molecule has 2 aromatic heterocycles. The second-order valence-corrected chi connectivity index (χ2v) is 5.55. The first-order chi connectivity index (χ1) is 9.95. The number of hydrogen-bond donors (Lipinski definition) is 1. The van der Waals surface area contributed by atoms with Crippen LogP contribution in [-0.4, -0.2) is 45.5 Å². The fraction of sp³-hybridized carbons (Fsp3) is 0.615. The van der Waals surface area contributed by atoms with E-state index < -0.39 is 0 Å². The minimum atomic E-state index is -0.288. The number of methoxy groups -OCH3 is 1. The van der Waals surface area contributed by atoms with Crippen LogP contribution in [0.25, 0.3) is 11.2 Å². The van der Waals surface area contributed by atoms with Gasteiger partial charge in [0.1, 0.15) is 17.9 Å². The van der Waals surface area contributed by atoms with Crippen molar-refractivity contribution >= 4 is 28.7 Å². The third-order valence-electron chi connectivity index (χ3n) is 3.21. The lowest BCUT2D eigenvalue weighted by Gasteiger charge is -2.11. The average molecular weight is 314 g/mol. The number of ether oxygens (including phenoxy) is 1. The lowest BCUT2D eigenvalue weighted by Crippen LogP contribution is -2.31. The molecule has 7 nitrogen and oxygen atoms in total. The third-order valence-corrected chi connectivity index (χ3v) is 3.40. The van der Waals surface area contributed by atoms with E-state index in [0.717, 1.165) is 16.9 Å². The summed E-state index contributed by atoms with van der Waals surface area (Å²) in [5, 5.41) is 6.84. The molecule has 1 unspecified atom stereocenters. The fourth-order valence-corrected chi connectivity index (χ4v) is 2.47. The molecule has 0 fully saturated rings. The molecule has 2 aromatic rings. The maximum absolute atomic E-state index is 12.0. The monoisotopic (exact) mass is 313 g/mol. The van der Waals surface area contributed by atoms with Crippen LogP contribution in [0.1, 0.15) is 23.8 Å². The van der Waals surface area contributed by atoms with Crippen molar-refractivity contribution in [2.45, 2.75) is 25.8 Å². The minimum absolute atomic E-state index is 0.108. The summed E-state index contributed by atoms with van der Waals surface area (Å²) in [7, 11) is 3.43. The summed E-state index contributed by atoms with van der Waals surface area (Å²) in [4.78, 5) is 16.6. The van der Waals surface area contributed by atoms with Gasteiger partial charge in [-0.3, -0.25) is 9.48 Å². The van der Waals surface area contributed by atoms with Crippen LogP contribution in [0.15, 0.2) is 0 Å². The van der Waals surface area contributed by atoms with Gasteiger partial charge in [-0.05, 0) is 13.8 Å². The van der Waals surface area contributed by atoms with E-state index >= 15 is 0 Å². The molecule has 21 heavy (non-hydrogen) atoms. The molecule has 1 atom stereocenters. The van der Waals surface area contributed by atoms with Crippen molar-refractivity contribution in [1.29, 1.82) is 0 Å². The van der Waals surface area contributed by atoms with Crippen molar-refractivity contribution in [3.8, 4) is 0 Å². The molecule has 0 bridgehead atoms. The first kappa shape index (κ1) is 15.8. The molecule has 0 aromatic carbocycles. The fourth-order valence-electron chi connectivity index (χ4n) is 2.30. The van der Waals surface area contributed by atoms with Crippen molar-refractivity contribution in [2.24, 2.45) is 7.05 Å². The number of carbonyl (C=O) groups is 1. The summed E-state index contributed by atoms with van der Waals surface area (Å²) in [5.41, 5.74) is 2.41. The van der Waals surface area contributed by atoms with E-state index in [2.05, 4.69) is 15.4 Å². The van der Waals surface area contributed by atoms with Crippen LogP contribution >= 0.6 is 11.6 Å². The van der Waals surface area contributed by atoms with Crippen LogP contribution in [0.4, 0.5) is 0 Å². The number of aromatic nitrogens is 4. The predicted octanol–water partition coefficient (Wildman–Crippen LogP) is 1.14.